The van der Waals surface area contributed by atoms with Crippen molar-refractivity contribution in [3.63, 3.8) is 0 Å². The molecule has 0 atom stereocenters. The summed E-state index contributed by atoms with van der Waals surface area (Å²) in [5, 5.41) is 6.94. The van der Waals surface area contributed by atoms with Crippen LogP contribution in [-0.2, 0) is 7.05 Å². The lowest BCUT2D eigenvalue weighted by Gasteiger charge is -1.93. The highest BCUT2D eigenvalue weighted by Gasteiger charge is 2.14. The van der Waals surface area contributed by atoms with Gasteiger partial charge in [-0.15, -0.1) is 0 Å². The minimum absolute atomic E-state index is 0.195. The second-order valence-corrected chi connectivity index (χ2v) is 3.59. The monoisotopic (exact) mass is 203 g/mol. The number of furan rings is 1. The van der Waals surface area contributed by atoms with Gasteiger partial charge in [0, 0.05) is 13.1 Å². The molecule has 3 rings (SSSR count). The molecule has 0 aromatic carbocycles. The number of nitrogens with one attached hydrogen (secondary N) is 1. The van der Waals surface area contributed by atoms with Crippen LogP contribution in [0.15, 0.2) is 21.5 Å². The molecule has 15 heavy (non-hydrogen) atoms. The summed E-state index contributed by atoms with van der Waals surface area (Å²) in [5.74, 6) is 0.831. The van der Waals surface area contributed by atoms with Crippen molar-refractivity contribution in [2.75, 3.05) is 0 Å². The zero-order valence-electron chi connectivity index (χ0n) is 8.37. The van der Waals surface area contributed by atoms with Crippen LogP contribution in [0.5, 0.6) is 0 Å². The smallest absolute Gasteiger partial charge is 0.288 e. The molecule has 0 bridgehead atoms. The molecule has 0 radical (unpaired) electrons. The summed E-state index contributed by atoms with van der Waals surface area (Å²) in [5.41, 5.74) is 2.04. The van der Waals surface area contributed by atoms with Crippen molar-refractivity contribution >= 4 is 22.0 Å². The summed E-state index contributed by atoms with van der Waals surface area (Å²) in [6.45, 7) is 1.88. The number of hydrogen-bond donors (Lipinski definition) is 1. The van der Waals surface area contributed by atoms with E-state index in [0.29, 0.717) is 5.52 Å². The molecular weight excluding hydrogens is 194 g/mol. The molecule has 0 amide bonds. The zero-order chi connectivity index (χ0) is 10.6. The number of aromatic amines is 1. The average molecular weight is 203 g/mol. The Balaban J connectivity index is 2.71. The maximum Gasteiger partial charge on any atom is 0.288 e. The van der Waals surface area contributed by atoms with Gasteiger partial charge >= 0.3 is 0 Å². The van der Waals surface area contributed by atoms with Gasteiger partial charge in [0.2, 0.25) is 0 Å². The van der Waals surface area contributed by atoms with Crippen LogP contribution in [0.2, 0.25) is 0 Å². The highest BCUT2D eigenvalue weighted by atomic mass is 16.3. The van der Waals surface area contributed by atoms with Crippen LogP contribution in [0.25, 0.3) is 22.0 Å². The molecule has 3 aromatic heterocycles. The third-order valence-corrected chi connectivity index (χ3v) is 2.61. The van der Waals surface area contributed by atoms with Gasteiger partial charge < -0.3 is 8.98 Å². The van der Waals surface area contributed by atoms with E-state index < -0.39 is 0 Å². The lowest BCUT2D eigenvalue weighted by molar-refractivity contribution is 0.581. The van der Waals surface area contributed by atoms with E-state index in [1.165, 1.54) is 0 Å². The molecule has 3 heterocycles. The molecule has 0 aliphatic rings. The van der Waals surface area contributed by atoms with Crippen molar-refractivity contribution in [2.24, 2.45) is 7.05 Å². The number of aryl methyl sites for hydroxylation is 2. The Morgan fingerprint density at radius 1 is 1.53 bits per heavy atom. The molecule has 1 N–H and O–H groups in total. The quantitative estimate of drug-likeness (QED) is 0.599. The fraction of sp³-hybridized carbons (Fsp3) is 0.200. The number of rotatable bonds is 0. The van der Waals surface area contributed by atoms with Crippen LogP contribution in [0, 0.1) is 6.92 Å². The Morgan fingerprint density at radius 3 is 3.13 bits per heavy atom. The predicted octanol–water partition coefficient (Wildman–Crippen LogP) is 1.32. The SMILES string of the molecule is Cc1cc2c(o1)c1cn[nH]c(=O)c1n2C. The van der Waals surface area contributed by atoms with Gasteiger partial charge in [0.1, 0.15) is 11.3 Å². The van der Waals surface area contributed by atoms with Crippen molar-refractivity contribution in [3.05, 3.63) is 28.4 Å². The zero-order valence-corrected chi connectivity index (χ0v) is 8.37. The first kappa shape index (κ1) is 8.28. The van der Waals surface area contributed by atoms with E-state index >= 15 is 0 Å². The third kappa shape index (κ3) is 0.918. The van der Waals surface area contributed by atoms with E-state index in [9.17, 15) is 4.79 Å². The maximum absolute atomic E-state index is 11.6. The standard InChI is InChI=1S/C10H9N3O2/c1-5-3-7-9(15-5)6-4-11-12-10(14)8(6)13(7)2/h3-4H,1-2H3,(H,12,14). The van der Waals surface area contributed by atoms with Gasteiger partial charge in [-0.1, -0.05) is 0 Å². The largest absolute Gasteiger partial charge is 0.459 e. The highest BCUT2D eigenvalue weighted by Crippen LogP contribution is 2.27. The first-order valence-corrected chi connectivity index (χ1v) is 4.60. The van der Waals surface area contributed by atoms with Gasteiger partial charge in [-0.2, -0.15) is 5.10 Å². The Morgan fingerprint density at radius 2 is 2.33 bits per heavy atom. The summed E-state index contributed by atoms with van der Waals surface area (Å²) >= 11 is 0. The fourth-order valence-corrected chi connectivity index (χ4v) is 1.95. The van der Waals surface area contributed by atoms with Gasteiger partial charge in [0.05, 0.1) is 17.1 Å². The molecule has 0 aliphatic carbocycles. The van der Waals surface area contributed by atoms with E-state index in [-0.39, 0.29) is 5.56 Å². The second kappa shape index (κ2) is 2.50. The summed E-state index contributed by atoms with van der Waals surface area (Å²) in [7, 11) is 1.84. The molecule has 0 saturated heterocycles. The van der Waals surface area contributed by atoms with Gasteiger partial charge in [-0.05, 0) is 6.92 Å². The number of nitrogens with zero attached hydrogens (tertiary/aromatic N) is 2. The maximum atomic E-state index is 11.6. The lowest BCUT2D eigenvalue weighted by Crippen LogP contribution is -2.10. The average Bonchev–Trinajstić information content (AvgIpc) is 2.68. The van der Waals surface area contributed by atoms with Crippen molar-refractivity contribution < 1.29 is 4.42 Å². The first-order valence-electron chi connectivity index (χ1n) is 4.60. The topological polar surface area (TPSA) is 63.8 Å². The Hall–Kier alpha value is -2.04. The molecule has 0 fully saturated rings. The van der Waals surface area contributed by atoms with Crippen LogP contribution < -0.4 is 5.56 Å². The molecular formula is C10H9N3O2. The minimum atomic E-state index is -0.195. The molecule has 5 heteroatoms. The predicted molar refractivity (Wildman–Crippen MR) is 55.8 cm³/mol. The highest BCUT2D eigenvalue weighted by molar-refractivity contribution is 6.04. The number of H-pyrrole nitrogens is 1. The first-order chi connectivity index (χ1) is 7.18. The van der Waals surface area contributed by atoms with Crippen LogP contribution in [0.1, 0.15) is 5.76 Å². The van der Waals surface area contributed by atoms with Crippen molar-refractivity contribution in [2.45, 2.75) is 6.92 Å². The molecule has 0 unspecified atom stereocenters. The molecule has 3 aromatic rings. The molecule has 76 valence electrons. The van der Waals surface area contributed by atoms with E-state index in [1.54, 1.807) is 6.20 Å². The van der Waals surface area contributed by atoms with Crippen molar-refractivity contribution in [1.82, 2.24) is 14.8 Å². The Kier molecular flexibility index (Phi) is 1.38. The summed E-state index contributed by atoms with van der Waals surface area (Å²) < 4.78 is 7.36. The van der Waals surface area contributed by atoms with E-state index in [4.69, 9.17) is 4.42 Å². The molecule has 5 nitrogen and oxygen atoms in total. The van der Waals surface area contributed by atoms with Gasteiger partial charge in [0.25, 0.3) is 5.56 Å². The summed E-state index contributed by atoms with van der Waals surface area (Å²) in [6, 6.07) is 1.91. The number of fused-ring (bicyclic) bond motifs is 3. The van der Waals surface area contributed by atoms with Crippen molar-refractivity contribution in [1.29, 1.82) is 0 Å². The number of aromatic nitrogens is 3. The van der Waals surface area contributed by atoms with Crippen molar-refractivity contribution in [3.8, 4) is 0 Å². The molecule has 0 spiro atoms. The van der Waals surface area contributed by atoms with E-state index in [0.717, 1.165) is 22.2 Å². The van der Waals surface area contributed by atoms with Crippen LogP contribution in [0.3, 0.4) is 0 Å². The normalized spacial score (nSPS) is 11.6. The molecule has 0 saturated carbocycles. The van der Waals surface area contributed by atoms with E-state index in [1.807, 2.05) is 24.6 Å². The van der Waals surface area contributed by atoms with Gasteiger partial charge in [-0.25, -0.2) is 5.10 Å². The van der Waals surface area contributed by atoms with Gasteiger partial charge in [-0.3, -0.25) is 4.79 Å². The third-order valence-electron chi connectivity index (χ3n) is 2.61. The summed E-state index contributed by atoms with van der Waals surface area (Å²) in [4.78, 5) is 11.6. The fourth-order valence-electron chi connectivity index (χ4n) is 1.95. The van der Waals surface area contributed by atoms with Gasteiger partial charge in [0.15, 0.2) is 5.58 Å². The second-order valence-electron chi connectivity index (χ2n) is 3.59. The molecule has 0 aliphatic heterocycles. The Bertz CT molecular complexity index is 717. The lowest BCUT2D eigenvalue weighted by atomic mass is 10.3. The number of hydrogen-bond acceptors (Lipinski definition) is 3. The minimum Gasteiger partial charge on any atom is -0.459 e. The Labute approximate surface area is 84.3 Å². The van der Waals surface area contributed by atoms with Crippen LogP contribution in [0.4, 0.5) is 0 Å². The van der Waals surface area contributed by atoms with Crippen LogP contribution >= 0.6 is 0 Å². The van der Waals surface area contributed by atoms with E-state index in [2.05, 4.69) is 10.2 Å². The summed E-state index contributed by atoms with van der Waals surface area (Å²) in [6.07, 6.45) is 1.61. The van der Waals surface area contributed by atoms with Crippen LogP contribution in [-0.4, -0.2) is 14.8 Å².